The van der Waals surface area contributed by atoms with Crippen LogP contribution in [0.1, 0.15) is 36.0 Å². The van der Waals surface area contributed by atoms with Crippen LogP contribution in [0.15, 0.2) is 22.7 Å². The van der Waals surface area contributed by atoms with Gasteiger partial charge in [-0.3, -0.25) is 4.79 Å². The third-order valence-electron chi connectivity index (χ3n) is 4.15. The molecular formula is C15H17BrINO2. The standard InChI is InChI=1S/C15H17BrINO2/c16-12-6-5-10(17)9-11(12)15(19)18-7-8-20-14-4-2-1-3-13(14)18/h5-6,9,13-14H,1-4,7-8H2. The molecule has 20 heavy (non-hydrogen) atoms. The van der Waals surface area contributed by atoms with Crippen LogP contribution in [0.2, 0.25) is 0 Å². The maximum Gasteiger partial charge on any atom is 0.255 e. The van der Waals surface area contributed by atoms with E-state index in [4.69, 9.17) is 4.74 Å². The monoisotopic (exact) mass is 449 g/mol. The fourth-order valence-corrected chi connectivity index (χ4v) is 4.07. The first-order valence-electron chi connectivity index (χ1n) is 7.04. The third-order valence-corrected chi connectivity index (χ3v) is 5.51. The Morgan fingerprint density at radius 2 is 2.15 bits per heavy atom. The molecule has 3 rings (SSSR count). The van der Waals surface area contributed by atoms with Gasteiger partial charge >= 0.3 is 0 Å². The predicted octanol–water partition coefficient (Wildman–Crippen LogP) is 3.84. The summed E-state index contributed by atoms with van der Waals surface area (Å²) in [4.78, 5) is 14.9. The molecule has 0 N–H and O–H groups in total. The highest BCUT2D eigenvalue weighted by Gasteiger charge is 2.37. The first-order valence-corrected chi connectivity index (χ1v) is 8.91. The average molecular weight is 450 g/mol. The van der Waals surface area contributed by atoms with E-state index < -0.39 is 0 Å². The highest BCUT2D eigenvalue weighted by atomic mass is 127. The minimum Gasteiger partial charge on any atom is -0.374 e. The number of hydrogen-bond acceptors (Lipinski definition) is 2. The zero-order valence-corrected chi connectivity index (χ0v) is 14.9. The Labute approximate surface area is 141 Å². The van der Waals surface area contributed by atoms with Gasteiger partial charge in [-0.1, -0.05) is 12.8 Å². The van der Waals surface area contributed by atoms with Crippen molar-refractivity contribution in [3.05, 3.63) is 31.8 Å². The summed E-state index contributed by atoms with van der Waals surface area (Å²) in [5, 5.41) is 0. The van der Waals surface area contributed by atoms with Crippen molar-refractivity contribution in [3.8, 4) is 0 Å². The lowest BCUT2D eigenvalue weighted by atomic mass is 9.89. The number of amides is 1. The van der Waals surface area contributed by atoms with E-state index in [1.165, 1.54) is 12.8 Å². The van der Waals surface area contributed by atoms with Gasteiger partial charge in [-0.05, 0) is 69.6 Å². The number of morpholine rings is 1. The Hall–Kier alpha value is -0.140. The lowest BCUT2D eigenvalue weighted by Gasteiger charge is -2.43. The normalized spacial score (nSPS) is 26.2. The molecule has 0 radical (unpaired) electrons. The predicted molar refractivity (Wildman–Crippen MR) is 89.9 cm³/mol. The van der Waals surface area contributed by atoms with Crippen molar-refractivity contribution < 1.29 is 9.53 Å². The molecule has 3 nitrogen and oxygen atoms in total. The van der Waals surface area contributed by atoms with Gasteiger partial charge in [0.05, 0.1) is 24.3 Å². The maximum absolute atomic E-state index is 12.9. The fourth-order valence-electron chi connectivity index (χ4n) is 3.16. The summed E-state index contributed by atoms with van der Waals surface area (Å²) < 4.78 is 7.81. The number of hydrogen-bond donors (Lipinski definition) is 0. The second-order valence-electron chi connectivity index (χ2n) is 5.38. The molecule has 0 bridgehead atoms. The summed E-state index contributed by atoms with van der Waals surface area (Å²) in [7, 11) is 0. The van der Waals surface area contributed by atoms with Gasteiger partial charge in [-0.15, -0.1) is 0 Å². The number of carbonyl (C=O) groups excluding carboxylic acids is 1. The van der Waals surface area contributed by atoms with E-state index in [2.05, 4.69) is 38.5 Å². The van der Waals surface area contributed by atoms with Crippen LogP contribution >= 0.6 is 38.5 Å². The Morgan fingerprint density at radius 1 is 1.35 bits per heavy atom. The van der Waals surface area contributed by atoms with Gasteiger partial charge in [-0.2, -0.15) is 0 Å². The quantitative estimate of drug-likeness (QED) is 0.609. The van der Waals surface area contributed by atoms with Crippen molar-refractivity contribution >= 4 is 44.4 Å². The van der Waals surface area contributed by atoms with Crippen LogP contribution in [-0.4, -0.2) is 36.1 Å². The zero-order chi connectivity index (χ0) is 14.1. The van der Waals surface area contributed by atoms with E-state index in [9.17, 15) is 4.79 Å². The van der Waals surface area contributed by atoms with Gasteiger partial charge < -0.3 is 9.64 Å². The number of fused-ring (bicyclic) bond motifs is 1. The molecule has 0 aromatic heterocycles. The van der Waals surface area contributed by atoms with Crippen LogP contribution in [0, 0.1) is 3.57 Å². The number of carbonyl (C=O) groups is 1. The molecule has 5 heteroatoms. The van der Waals surface area contributed by atoms with E-state index in [1.54, 1.807) is 0 Å². The molecule has 2 unspecified atom stereocenters. The zero-order valence-electron chi connectivity index (χ0n) is 11.1. The first-order chi connectivity index (χ1) is 9.66. The fraction of sp³-hybridized carbons (Fsp3) is 0.533. The summed E-state index contributed by atoms with van der Waals surface area (Å²) in [5.74, 6) is 0.135. The first kappa shape index (κ1) is 14.8. The smallest absolute Gasteiger partial charge is 0.255 e. The van der Waals surface area contributed by atoms with Crippen LogP contribution < -0.4 is 0 Å². The van der Waals surface area contributed by atoms with Crippen LogP contribution in [0.4, 0.5) is 0 Å². The van der Waals surface area contributed by atoms with Crippen molar-refractivity contribution in [2.75, 3.05) is 13.2 Å². The molecule has 2 aliphatic rings. The van der Waals surface area contributed by atoms with Crippen LogP contribution in [0.25, 0.3) is 0 Å². The van der Waals surface area contributed by atoms with Crippen LogP contribution in [0.5, 0.6) is 0 Å². The van der Waals surface area contributed by atoms with Crippen molar-refractivity contribution in [2.45, 2.75) is 37.8 Å². The molecule has 1 saturated heterocycles. The van der Waals surface area contributed by atoms with Gasteiger partial charge in [0.1, 0.15) is 0 Å². The lowest BCUT2D eigenvalue weighted by Crippen LogP contribution is -2.54. The average Bonchev–Trinajstić information content (AvgIpc) is 2.48. The van der Waals surface area contributed by atoms with E-state index in [0.29, 0.717) is 13.2 Å². The van der Waals surface area contributed by atoms with Crippen LogP contribution in [0.3, 0.4) is 0 Å². The molecule has 1 heterocycles. The van der Waals surface area contributed by atoms with Crippen molar-refractivity contribution in [1.29, 1.82) is 0 Å². The minimum absolute atomic E-state index is 0.135. The Bertz CT molecular complexity index is 521. The highest BCUT2D eigenvalue weighted by molar-refractivity contribution is 14.1. The molecular weight excluding hydrogens is 433 g/mol. The van der Waals surface area contributed by atoms with Gasteiger partial charge in [0.25, 0.3) is 5.91 Å². The SMILES string of the molecule is O=C(c1cc(I)ccc1Br)N1CCOC2CCCCC21. The molecule has 2 atom stereocenters. The minimum atomic E-state index is 0.135. The molecule has 1 aromatic carbocycles. The molecule has 1 saturated carbocycles. The summed E-state index contributed by atoms with van der Waals surface area (Å²) >= 11 is 5.75. The summed E-state index contributed by atoms with van der Waals surface area (Å²) in [6.07, 6.45) is 4.81. The van der Waals surface area contributed by atoms with E-state index in [1.807, 2.05) is 23.1 Å². The number of nitrogens with zero attached hydrogens (tertiary/aromatic N) is 1. The molecule has 1 aromatic rings. The van der Waals surface area contributed by atoms with Crippen LogP contribution in [-0.2, 0) is 4.74 Å². The van der Waals surface area contributed by atoms with Gasteiger partial charge in [0.2, 0.25) is 0 Å². The topological polar surface area (TPSA) is 29.5 Å². The number of halogens is 2. The summed E-state index contributed by atoms with van der Waals surface area (Å²) in [6, 6.07) is 6.17. The third kappa shape index (κ3) is 2.90. The van der Waals surface area contributed by atoms with E-state index in [-0.39, 0.29) is 18.1 Å². The molecule has 0 spiro atoms. The highest BCUT2D eigenvalue weighted by Crippen LogP contribution is 2.31. The largest absolute Gasteiger partial charge is 0.374 e. The van der Waals surface area contributed by atoms with E-state index >= 15 is 0 Å². The second kappa shape index (κ2) is 6.32. The second-order valence-corrected chi connectivity index (χ2v) is 7.48. The molecule has 108 valence electrons. The van der Waals surface area contributed by atoms with Gasteiger partial charge in [0, 0.05) is 14.6 Å². The summed E-state index contributed by atoms with van der Waals surface area (Å²) in [5.41, 5.74) is 0.767. The number of benzene rings is 1. The molecule has 1 aliphatic carbocycles. The molecule has 1 amide bonds. The van der Waals surface area contributed by atoms with Gasteiger partial charge in [-0.25, -0.2) is 0 Å². The summed E-state index contributed by atoms with van der Waals surface area (Å²) in [6.45, 7) is 1.37. The molecule has 2 fully saturated rings. The van der Waals surface area contributed by atoms with Crippen molar-refractivity contribution in [1.82, 2.24) is 4.90 Å². The number of rotatable bonds is 1. The Kier molecular flexibility index (Phi) is 4.67. The Morgan fingerprint density at radius 3 is 3.00 bits per heavy atom. The van der Waals surface area contributed by atoms with Crippen molar-refractivity contribution in [3.63, 3.8) is 0 Å². The van der Waals surface area contributed by atoms with Crippen molar-refractivity contribution in [2.24, 2.45) is 0 Å². The lowest BCUT2D eigenvalue weighted by molar-refractivity contribution is -0.0753. The molecule has 1 aliphatic heterocycles. The van der Waals surface area contributed by atoms with E-state index in [0.717, 1.165) is 26.4 Å². The maximum atomic E-state index is 12.9. The number of ether oxygens (including phenoxy) is 1. The Balaban J connectivity index is 1.87. The van der Waals surface area contributed by atoms with Gasteiger partial charge in [0.15, 0.2) is 0 Å².